The molecular weight excluding hydrogens is 266 g/mol. The van der Waals surface area contributed by atoms with Crippen LogP contribution in [0.15, 0.2) is 21.3 Å². The summed E-state index contributed by atoms with van der Waals surface area (Å²) in [5.41, 5.74) is 1.11. The van der Waals surface area contributed by atoms with Gasteiger partial charge in [0.15, 0.2) is 0 Å². The fourth-order valence-electron chi connectivity index (χ4n) is 1.04. The van der Waals surface area contributed by atoms with Crippen molar-refractivity contribution in [2.75, 3.05) is 0 Å². The Morgan fingerprint density at radius 3 is 2.85 bits per heavy atom. The molecule has 1 nitrogen and oxygen atoms in total. The van der Waals surface area contributed by atoms with E-state index in [1.807, 2.05) is 0 Å². The Morgan fingerprint density at radius 2 is 2.31 bits per heavy atom. The Morgan fingerprint density at radius 1 is 1.46 bits per heavy atom. The molecule has 13 heavy (non-hydrogen) atoms. The lowest BCUT2D eigenvalue weighted by Gasteiger charge is -1.87. The van der Waals surface area contributed by atoms with Crippen molar-refractivity contribution in [3.05, 3.63) is 26.3 Å². The topological polar surface area (TPSA) is 12.9 Å². The SMILES string of the molecule is CCc1nc(-c2ccc(Br)s2)cs1. The van der Waals surface area contributed by atoms with Gasteiger partial charge in [0.05, 0.1) is 19.4 Å². The third-order valence-corrected chi connectivity index (χ3v) is 4.32. The zero-order valence-electron chi connectivity index (χ0n) is 7.08. The standard InChI is InChI=1S/C9H8BrNS2/c1-2-9-11-6(5-12-9)7-3-4-8(10)13-7/h3-5H,2H2,1H3. The van der Waals surface area contributed by atoms with Crippen LogP contribution in [-0.4, -0.2) is 4.98 Å². The number of aryl methyl sites for hydroxylation is 1. The molecule has 0 N–H and O–H groups in total. The van der Waals surface area contributed by atoms with E-state index in [1.165, 1.54) is 9.88 Å². The van der Waals surface area contributed by atoms with Crippen molar-refractivity contribution in [3.8, 4) is 10.6 Å². The van der Waals surface area contributed by atoms with Crippen LogP contribution in [0, 0.1) is 0 Å². The van der Waals surface area contributed by atoms with Crippen LogP contribution in [0.4, 0.5) is 0 Å². The Hall–Kier alpha value is -0.190. The lowest BCUT2D eigenvalue weighted by Crippen LogP contribution is -1.76. The summed E-state index contributed by atoms with van der Waals surface area (Å²) in [6.07, 6.45) is 1.03. The van der Waals surface area contributed by atoms with E-state index in [1.54, 1.807) is 22.7 Å². The number of hydrogen-bond donors (Lipinski definition) is 0. The zero-order chi connectivity index (χ0) is 9.26. The Kier molecular flexibility index (Phi) is 2.81. The number of aromatic nitrogens is 1. The minimum Gasteiger partial charge on any atom is -0.240 e. The zero-order valence-corrected chi connectivity index (χ0v) is 10.3. The first-order valence-corrected chi connectivity index (χ1v) is 6.48. The normalized spacial score (nSPS) is 10.6. The third-order valence-electron chi connectivity index (χ3n) is 1.68. The number of halogens is 1. The molecule has 2 aromatic rings. The van der Waals surface area contributed by atoms with E-state index < -0.39 is 0 Å². The van der Waals surface area contributed by atoms with Gasteiger partial charge < -0.3 is 0 Å². The molecule has 0 saturated heterocycles. The molecule has 0 fully saturated rings. The summed E-state index contributed by atoms with van der Waals surface area (Å²) in [4.78, 5) is 5.76. The van der Waals surface area contributed by atoms with Gasteiger partial charge in [-0.1, -0.05) is 6.92 Å². The minimum absolute atomic E-state index is 1.03. The summed E-state index contributed by atoms with van der Waals surface area (Å²) in [5, 5.41) is 3.33. The van der Waals surface area contributed by atoms with Crippen molar-refractivity contribution in [2.24, 2.45) is 0 Å². The number of thiophene rings is 1. The van der Waals surface area contributed by atoms with E-state index in [2.05, 4.69) is 45.4 Å². The van der Waals surface area contributed by atoms with E-state index in [-0.39, 0.29) is 0 Å². The molecule has 0 aromatic carbocycles. The molecular formula is C9H8BrNS2. The van der Waals surface area contributed by atoms with Crippen LogP contribution in [0.25, 0.3) is 10.6 Å². The molecule has 0 aliphatic heterocycles. The molecule has 68 valence electrons. The summed E-state index contributed by atoms with van der Waals surface area (Å²) in [7, 11) is 0. The van der Waals surface area contributed by atoms with E-state index in [9.17, 15) is 0 Å². The largest absolute Gasteiger partial charge is 0.240 e. The molecule has 2 rings (SSSR count). The molecule has 2 heterocycles. The van der Waals surface area contributed by atoms with Crippen molar-refractivity contribution >= 4 is 38.6 Å². The molecule has 0 saturated carbocycles. The van der Waals surface area contributed by atoms with Crippen LogP contribution >= 0.6 is 38.6 Å². The van der Waals surface area contributed by atoms with Gasteiger partial charge in [-0.15, -0.1) is 22.7 Å². The first-order valence-electron chi connectivity index (χ1n) is 3.99. The fraction of sp³-hybridized carbons (Fsp3) is 0.222. The van der Waals surface area contributed by atoms with Crippen LogP contribution in [0.1, 0.15) is 11.9 Å². The Balaban J connectivity index is 2.35. The summed E-state index contributed by atoms with van der Waals surface area (Å²) < 4.78 is 1.16. The van der Waals surface area contributed by atoms with Gasteiger partial charge in [0.1, 0.15) is 0 Å². The molecule has 0 radical (unpaired) electrons. The lowest BCUT2D eigenvalue weighted by molar-refractivity contribution is 1.10. The lowest BCUT2D eigenvalue weighted by atomic mass is 10.4. The molecule has 0 atom stereocenters. The van der Waals surface area contributed by atoms with E-state index in [4.69, 9.17) is 0 Å². The van der Waals surface area contributed by atoms with Gasteiger partial charge in [-0.25, -0.2) is 4.98 Å². The first-order chi connectivity index (χ1) is 6.29. The van der Waals surface area contributed by atoms with Crippen LogP contribution in [-0.2, 0) is 6.42 Å². The highest BCUT2D eigenvalue weighted by Crippen LogP contribution is 2.31. The number of thiazole rings is 1. The molecule has 0 spiro atoms. The Bertz CT molecular complexity index is 405. The quantitative estimate of drug-likeness (QED) is 0.800. The number of rotatable bonds is 2. The van der Waals surface area contributed by atoms with Gasteiger partial charge in [0.25, 0.3) is 0 Å². The number of nitrogens with zero attached hydrogens (tertiary/aromatic N) is 1. The fourth-order valence-corrected chi connectivity index (χ4v) is 3.20. The summed E-state index contributed by atoms with van der Waals surface area (Å²) >= 11 is 6.91. The molecule has 4 heteroatoms. The second-order valence-corrected chi connectivity index (χ2v) is 5.99. The van der Waals surface area contributed by atoms with Gasteiger partial charge in [0.2, 0.25) is 0 Å². The van der Waals surface area contributed by atoms with Gasteiger partial charge in [0, 0.05) is 5.38 Å². The molecule has 0 aliphatic rings. The third kappa shape index (κ3) is 2.00. The molecule has 0 amide bonds. The maximum Gasteiger partial charge on any atom is 0.0930 e. The van der Waals surface area contributed by atoms with Gasteiger partial charge in [-0.05, 0) is 34.5 Å². The van der Waals surface area contributed by atoms with Gasteiger partial charge in [-0.2, -0.15) is 0 Å². The molecule has 0 bridgehead atoms. The highest BCUT2D eigenvalue weighted by atomic mass is 79.9. The molecule has 0 aliphatic carbocycles. The van der Waals surface area contributed by atoms with Crippen molar-refractivity contribution in [1.29, 1.82) is 0 Å². The average molecular weight is 274 g/mol. The summed E-state index contributed by atoms with van der Waals surface area (Å²) in [5.74, 6) is 0. The highest BCUT2D eigenvalue weighted by Gasteiger charge is 2.05. The van der Waals surface area contributed by atoms with E-state index in [0.29, 0.717) is 0 Å². The summed E-state index contributed by atoms with van der Waals surface area (Å²) in [6.45, 7) is 2.13. The second kappa shape index (κ2) is 3.90. The minimum atomic E-state index is 1.03. The maximum absolute atomic E-state index is 4.52. The predicted octanol–water partition coefficient (Wildman–Crippen LogP) is 4.20. The first kappa shape index (κ1) is 9.37. The summed E-state index contributed by atoms with van der Waals surface area (Å²) in [6, 6.07) is 4.16. The average Bonchev–Trinajstić information content (AvgIpc) is 2.71. The Labute approximate surface area is 93.6 Å². The van der Waals surface area contributed by atoms with E-state index in [0.717, 1.165) is 15.9 Å². The van der Waals surface area contributed by atoms with Crippen molar-refractivity contribution in [1.82, 2.24) is 4.98 Å². The van der Waals surface area contributed by atoms with Crippen molar-refractivity contribution in [3.63, 3.8) is 0 Å². The van der Waals surface area contributed by atoms with Crippen LogP contribution < -0.4 is 0 Å². The monoisotopic (exact) mass is 273 g/mol. The van der Waals surface area contributed by atoms with Gasteiger partial charge in [-0.3, -0.25) is 0 Å². The maximum atomic E-state index is 4.52. The van der Waals surface area contributed by atoms with Crippen molar-refractivity contribution < 1.29 is 0 Å². The molecule has 2 aromatic heterocycles. The number of hydrogen-bond acceptors (Lipinski definition) is 3. The van der Waals surface area contributed by atoms with Crippen LogP contribution in [0.2, 0.25) is 0 Å². The smallest absolute Gasteiger partial charge is 0.0930 e. The van der Waals surface area contributed by atoms with Gasteiger partial charge >= 0.3 is 0 Å². The highest BCUT2D eigenvalue weighted by molar-refractivity contribution is 9.11. The van der Waals surface area contributed by atoms with Crippen molar-refractivity contribution in [2.45, 2.75) is 13.3 Å². The van der Waals surface area contributed by atoms with Crippen LogP contribution in [0.3, 0.4) is 0 Å². The molecule has 0 unspecified atom stereocenters. The second-order valence-electron chi connectivity index (χ2n) is 2.58. The predicted molar refractivity (Wildman–Crippen MR) is 62.5 cm³/mol. The van der Waals surface area contributed by atoms with E-state index >= 15 is 0 Å². The van der Waals surface area contributed by atoms with Crippen LogP contribution in [0.5, 0.6) is 0 Å².